The Morgan fingerprint density at radius 1 is 1.09 bits per heavy atom. The second kappa shape index (κ2) is 6.24. The van der Waals surface area contributed by atoms with Gasteiger partial charge >= 0.3 is 0 Å². The first-order valence-corrected chi connectivity index (χ1v) is 7.81. The van der Waals surface area contributed by atoms with Crippen LogP contribution < -0.4 is 10.2 Å². The van der Waals surface area contributed by atoms with E-state index in [2.05, 4.69) is 5.32 Å². The highest BCUT2D eigenvalue weighted by molar-refractivity contribution is 6.13. The van der Waals surface area contributed by atoms with Crippen LogP contribution in [0.4, 0.5) is 11.4 Å². The van der Waals surface area contributed by atoms with Gasteiger partial charge < -0.3 is 10.2 Å². The number of carbonyl (C=O) groups is 2. The van der Waals surface area contributed by atoms with Crippen molar-refractivity contribution in [2.75, 3.05) is 16.8 Å². The normalized spacial score (nSPS) is 17.4. The summed E-state index contributed by atoms with van der Waals surface area (Å²) >= 11 is 0. The Bertz CT molecular complexity index is 740. The molecule has 1 N–H and O–H groups in total. The van der Waals surface area contributed by atoms with Gasteiger partial charge in [0.25, 0.3) is 0 Å². The van der Waals surface area contributed by atoms with E-state index in [1.807, 2.05) is 62.4 Å². The van der Waals surface area contributed by atoms with E-state index in [0.717, 1.165) is 16.9 Å². The van der Waals surface area contributed by atoms with Gasteiger partial charge in [-0.2, -0.15) is 0 Å². The molecule has 0 aromatic heterocycles. The zero-order valence-electron chi connectivity index (χ0n) is 13.4. The molecule has 1 saturated heterocycles. The summed E-state index contributed by atoms with van der Waals surface area (Å²) in [7, 11) is 0. The molecule has 118 valence electrons. The first-order valence-electron chi connectivity index (χ1n) is 7.81. The van der Waals surface area contributed by atoms with Crippen molar-refractivity contribution in [3.05, 3.63) is 59.7 Å². The lowest BCUT2D eigenvalue weighted by atomic mass is 10.1. The maximum Gasteiger partial charge on any atom is 0.239 e. The summed E-state index contributed by atoms with van der Waals surface area (Å²) in [5.74, 6) is -0.967. The molecule has 1 atom stereocenters. The zero-order chi connectivity index (χ0) is 16.4. The van der Waals surface area contributed by atoms with E-state index in [1.54, 1.807) is 4.90 Å². The maximum absolute atomic E-state index is 12.5. The van der Waals surface area contributed by atoms with E-state index in [1.165, 1.54) is 5.56 Å². The fourth-order valence-electron chi connectivity index (χ4n) is 2.84. The topological polar surface area (TPSA) is 49.4 Å². The lowest BCUT2D eigenvalue weighted by molar-refractivity contribution is -0.129. The molecule has 0 aliphatic carbocycles. The van der Waals surface area contributed by atoms with E-state index < -0.39 is 5.92 Å². The maximum atomic E-state index is 12.5. The van der Waals surface area contributed by atoms with Gasteiger partial charge in [0.15, 0.2) is 0 Å². The molecule has 23 heavy (non-hydrogen) atoms. The van der Waals surface area contributed by atoms with Gasteiger partial charge in [0.05, 0.1) is 0 Å². The summed E-state index contributed by atoms with van der Waals surface area (Å²) in [5, 5.41) is 2.87. The van der Waals surface area contributed by atoms with Crippen molar-refractivity contribution in [3.8, 4) is 0 Å². The van der Waals surface area contributed by atoms with E-state index in [-0.39, 0.29) is 11.8 Å². The monoisotopic (exact) mass is 308 g/mol. The van der Waals surface area contributed by atoms with Gasteiger partial charge in [0.2, 0.25) is 11.8 Å². The predicted molar refractivity (Wildman–Crippen MR) is 91.4 cm³/mol. The minimum atomic E-state index is -0.614. The van der Waals surface area contributed by atoms with E-state index >= 15 is 0 Å². The molecule has 4 heteroatoms. The number of nitrogens with one attached hydrogen (secondary N) is 1. The van der Waals surface area contributed by atoms with Gasteiger partial charge in [0.1, 0.15) is 5.92 Å². The number of benzene rings is 2. The first kappa shape index (κ1) is 15.3. The van der Waals surface area contributed by atoms with Crippen LogP contribution in [0.2, 0.25) is 0 Å². The van der Waals surface area contributed by atoms with Crippen molar-refractivity contribution in [1.82, 2.24) is 0 Å². The van der Waals surface area contributed by atoms with Crippen LogP contribution in [0, 0.1) is 19.8 Å². The Labute approximate surface area is 136 Å². The largest absolute Gasteiger partial charge is 0.325 e. The van der Waals surface area contributed by atoms with Crippen molar-refractivity contribution in [3.63, 3.8) is 0 Å². The highest BCUT2D eigenvalue weighted by Gasteiger charge is 2.37. The molecule has 1 heterocycles. The number of anilines is 2. The van der Waals surface area contributed by atoms with Crippen molar-refractivity contribution in [2.24, 2.45) is 5.92 Å². The smallest absolute Gasteiger partial charge is 0.239 e. The molecule has 2 aromatic rings. The van der Waals surface area contributed by atoms with Crippen LogP contribution in [-0.4, -0.2) is 18.4 Å². The number of rotatable bonds is 3. The molecule has 1 aliphatic heterocycles. The molecule has 4 nitrogen and oxygen atoms in total. The zero-order valence-corrected chi connectivity index (χ0v) is 13.4. The van der Waals surface area contributed by atoms with Crippen LogP contribution in [0.25, 0.3) is 0 Å². The molecule has 1 fully saturated rings. The average molecular weight is 308 g/mol. The van der Waals surface area contributed by atoms with Gasteiger partial charge in [0, 0.05) is 17.9 Å². The Balaban J connectivity index is 1.71. The van der Waals surface area contributed by atoms with Gasteiger partial charge in [-0.1, -0.05) is 24.3 Å². The Morgan fingerprint density at radius 2 is 1.83 bits per heavy atom. The lowest BCUT2D eigenvalue weighted by Crippen LogP contribution is -2.33. The Kier molecular flexibility index (Phi) is 4.15. The molecule has 2 amide bonds. The molecule has 0 bridgehead atoms. The van der Waals surface area contributed by atoms with Crippen molar-refractivity contribution in [1.29, 1.82) is 0 Å². The number of nitrogens with zero attached hydrogens (tertiary/aromatic N) is 1. The number of hydrogen-bond donors (Lipinski definition) is 1. The summed E-state index contributed by atoms with van der Waals surface area (Å²) in [5.41, 5.74) is 3.88. The molecular weight excluding hydrogens is 288 g/mol. The third-order valence-electron chi connectivity index (χ3n) is 4.36. The van der Waals surface area contributed by atoms with Gasteiger partial charge in [-0.25, -0.2) is 0 Å². The number of hydrogen-bond acceptors (Lipinski definition) is 2. The van der Waals surface area contributed by atoms with Gasteiger partial charge in [-0.05, 0) is 55.7 Å². The van der Waals surface area contributed by atoms with E-state index in [9.17, 15) is 9.59 Å². The van der Waals surface area contributed by atoms with E-state index in [0.29, 0.717) is 13.0 Å². The third-order valence-corrected chi connectivity index (χ3v) is 4.36. The second-order valence-electron chi connectivity index (χ2n) is 5.95. The molecular formula is C19H20N2O2. The molecule has 1 aliphatic rings. The lowest BCUT2D eigenvalue weighted by Gasteiger charge is -2.16. The number of amides is 2. The molecule has 0 unspecified atom stereocenters. The van der Waals surface area contributed by atoms with Crippen LogP contribution in [-0.2, 0) is 9.59 Å². The summed E-state index contributed by atoms with van der Waals surface area (Å²) in [6, 6.07) is 15.3. The summed E-state index contributed by atoms with van der Waals surface area (Å²) in [6.07, 6.45) is 0.546. The molecule has 0 radical (unpaired) electrons. The highest BCUT2D eigenvalue weighted by atomic mass is 16.2. The first-order chi connectivity index (χ1) is 11.1. The summed E-state index contributed by atoms with van der Waals surface area (Å²) < 4.78 is 0. The standard InChI is InChI=1S/C19H20N2O2/c1-13-8-9-15(12-14(13)2)20-18(22)17-10-11-21(19(17)23)16-6-4-3-5-7-16/h3-9,12,17H,10-11H2,1-2H3,(H,20,22)/t17-/m0/s1. The van der Waals surface area contributed by atoms with Crippen LogP contribution >= 0.6 is 0 Å². The summed E-state index contributed by atoms with van der Waals surface area (Å²) in [4.78, 5) is 26.6. The fourth-order valence-corrected chi connectivity index (χ4v) is 2.84. The number of carbonyl (C=O) groups excluding carboxylic acids is 2. The van der Waals surface area contributed by atoms with Crippen LogP contribution in [0.15, 0.2) is 48.5 Å². The minimum absolute atomic E-state index is 0.127. The third kappa shape index (κ3) is 3.11. The number of para-hydroxylation sites is 1. The van der Waals surface area contributed by atoms with Gasteiger partial charge in [-0.15, -0.1) is 0 Å². The van der Waals surface area contributed by atoms with Crippen molar-refractivity contribution < 1.29 is 9.59 Å². The van der Waals surface area contributed by atoms with Crippen molar-refractivity contribution in [2.45, 2.75) is 20.3 Å². The molecule has 2 aromatic carbocycles. The molecule has 0 saturated carbocycles. The average Bonchev–Trinajstić information content (AvgIpc) is 2.93. The van der Waals surface area contributed by atoms with Crippen molar-refractivity contribution >= 4 is 23.2 Å². The fraction of sp³-hybridized carbons (Fsp3) is 0.263. The van der Waals surface area contributed by atoms with Gasteiger partial charge in [-0.3, -0.25) is 9.59 Å². The van der Waals surface area contributed by atoms with Crippen LogP contribution in [0.5, 0.6) is 0 Å². The Morgan fingerprint density at radius 3 is 2.52 bits per heavy atom. The number of aryl methyl sites for hydroxylation is 2. The molecule has 0 spiro atoms. The summed E-state index contributed by atoms with van der Waals surface area (Å²) in [6.45, 7) is 4.61. The highest BCUT2D eigenvalue weighted by Crippen LogP contribution is 2.26. The minimum Gasteiger partial charge on any atom is -0.325 e. The quantitative estimate of drug-likeness (QED) is 0.885. The SMILES string of the molecule is Cc1ccc(NC(=O)[C@@H]2CCN(c3ccccc3)C2=O)cc1C. The molecule has 3 rings (SSSR count). The van der Waals surface area contributed by atoms with Crippen LogP contribution in [0.3, 0.4) is 0 Å². The predicted octanol–water partition coefficient (Wildman–Crippen LogP) is 3.30. The second-order valence-corrected chi connectivity index (χ2v) is 5.95. The van der Waals surface area contributed by atoms with E-state index in [4.69, 9.17) is 0 Å². The Hall–Kier alpha value is -2.62. The van der Waals surface area contributed by atoms with Crippen LogP contribution in [0.1, 0.15) is 17.5 Å².